The zero-order chi connectivity index (χ0) is 24.8. The van der Waals surface area contributed by atoms with E-state index in [2.05, 4.69) is 27.6 Å². The van der Waals surface area contributed by atoms with Gasteiger partial charge in [0.15, 0.2) is 16.7 Å². The number of carbonyl (C=O) groups is 1. The van der Waals surface area contributed by atoms with Crippen molar-refractivity contribution in [3.63, 3.8) is 0 Å². The number of nitrogens with one attached hydrogen (secondary N) is 1. The molecule has 0 aliphatic carbocycles. The van der Waals surface area contributed by atoms with E-state index in [9.17, 15) is 10.1 Å². The third-order valence-electron chi connectivity index (χ3n) is 5.19. The standard InChI is InChI=1S/C24H27N5O4S/c1-14-7-8-15(2)19(9-14)29-16(3)27-28-24(29)34-13-22(30)26-18(12-25)17-10-20(31-4)23(33-6)21(11-17)32-5/h7-11,18H,13H2,1-6H3,(H,26,30). The van der Waals surface area contributed by atoms with Gasteiger partial charge in [0.05, 0.1) is 38.8 Å². The maximum atomic E-state index is 12.7. The molecule has 0 bridgehead atoms. The molecule has 0 spiro atoms. The van der Waals surface area contributed by atoms with Gasteiger partial charge in [-0.25, -0.2) is 0 Å². The summed E-state index contributed by atoms with van der Waals surface area (Å²) in [6.45, 7) is 5.91. The number of thioether (sulfide) groups is 1. The minimum absolute atomic E-state index is 0.0611. The molecule has 1 heterocycles. The molecule has 0 radical (unpaired) electrons. The van der Waals surface area contributed by atoms with Crippen molar-refractivity contribution in [1.82, 2.24) is 20.1 Å². The third kappa shape index (κ3) is 5.26. The van der Waals surface area contributed by atoms with Crippen LogP contribution >= 0.6 is 11.8 Å². The monoisotopic (exact) mass is 481 g/mol. The van der Waals surface area contributed by atoms with Crippen LogP contribution in [0.4, 0.5) is 0 Å². The SMILES string of the molecule is COc1cc(C(C#N)NC(=O)CSc2nnc(C)n2-c2cc(C)ccc2C)cc(OC)c1OC. The first kappa shape index (κ1) is 24.9. The van der Waals surface area contributed by atoms with Crippen molar-refractivity contribution in [1.29, 1.82) is 5.26 Å². The number of nitriles is 1. The third-order valence-corrected chi connectivity index (χ3v) is 6.12. The largest absolute Gasteiger partial charge is 0.493 e. The van der Waals surface area contributed by atoms with Gasteiger partial charge in [-0.2, -0.15) is 5.26 Å². The summed E-state index contributed by atoms with van der Waals surface area (Å²) in [6.07, 6.45) is 0. The summed E-state index contributed by atoms with van der Waals surface area (Å²) in [5, 5.41) is 21.5. The maximum Gasteiger partial charge on any atom is 0.231 e. The Kier molecular flexibility index (Phi) is 8.02. The lowest BCUT2D eigenvalue weighted by atomic mass is 10.1. The fourth-order valence-corrected chi connectivity index (χ4v) is 4.27. The molecular weight excluding hydrogens is 454 g/mol. The van der Waals surface area contributed by atoms with E-state index >= 15 is 0 Å². The molecular formula is C24H27N5O4S. The van der Waals surface area contributed by atoms with Gasteiger partial charge in [-0.1, -0.05) is 23.9 Å². The van der Waals surface area contributed by atoms with Crippen LogP contribution < -0.4 is 19.5 Å². The van der Waals surface area contributed by atoms with E-state index in [1.54, 1.807) is 12.1 Å². The van der Waals surface area contributed by atoms with Crippen LogP contribution in [0.15, 0.2) is 35.5 Å². The van der Waals surface area contributed by atoms with Crippen molar-refractivity contribution in [2.45, 2.75) is 32.0 Å². The van der Waals surface area contributed by atoms with Gasteiger partial charge in [-0.05, 0) is 55.7 Å². The van der Waals surface area contributed by atoms with Crippen LogP contribution in [0.2, 0.25) is 0 Å². The molecule has 34 heavy (non-hydrogen) atoms. The zero-order valence-corrected chi connectivity index (χ0v) is 20.8. The Labute approximate surface area is 203 Å². The molecule has 3 rings (SSSR count). The second-order valence-electron chi connectivity index (χ2n) is 7.53. The van der Waals surface area contributed by atoms with Crippen LogP contribution in [0, 0.1) is 32.1 Å². The highest BCUT2D eigenvalue weighted by Gasteiger charge is 2.21. The highest BCUT2D eigenvalue weighted by molar-refractivity contribution is 7.99. The fraction of sp³-hybridized carbons (Fsp3) is 0.333. The molecule has 1 amide bonds. The van der Waals surface area contributed by atoms with E-state index in [0.29, 0.717) is 28.0 Å². The average molecular weight is 482 g/mol. The Morgan fingerprint density at radius 1 is 1.09 bits per heavy atom. The number of hydrogen-bond acceptors (Lipinski definition) is 8. The summed E-state index contributed by atoms with van der Waals surface area (Å²) in [5.41, 5.74) is 3.68. The van der Waals surface area contributed by atoms with Crippen molar-refractivity contribution in [2.75, 3.05) is 27.1 Å². The number of hydrogen-bond donors (Lipinski definition) is 1. The molecule has 1 unspecified atom stereocenters. The number of aryl methyl sites for hydroxylation is 3. The van der Waals surface area contributed by atoms with Gasteiger partial charge >= 0.3 is 0 Å². The second-order valence-corrected chi connectivity index (χ2v) is 8.47. The van der Waals surface area contributed by atoms with Crippen molar-refractivity contribution >= 4 is 17.7 Å². The normalized spacial score (nSPS) is 11.4. The predicted octanol–water partition coefficient (Wildman–Crippen LogP) is 3.69. The van der Waals surface area contributed by atoms with Crippen molar-refractivity contribution in [3.8, 4) is 29.0 Å². The highest BCUT2D eigenvalue weighted by Crippen LogP contribution is 2.39. The summed E-state index contributed by atoms with van der Waals surface area (Å²) in [5.74, 6) is 1.68. The quantitative estimate of drug-likeness (QED) is 0.461. The van der Waals surface area contributed by atoms with E-state index in [0.717, 1.165) is 22.6 Å². The number of methoxy groups -OCH3 is 3. The van der Waals surface area contributed by atoms with Gasteiger partial charge in [0.2, 0.25) is 11.7 Å². The molecule has 0 aliphatic rings. The van der Waals surface area contributed by atoms with Crippen LogP contribution in [-0.2, 0) is 4.79 Å². The molecule has 1 atom stereocenters. The number of amides is 1. The number of ether oxygens (including phenoxy) is 3. The van der Waals surface area contributed by atoms with E-state index in [1.165, 1.54) is 33.1 Å². The van der Waals surface area contributed by atoms with Crippen LogP contribution in [0.25, 0.3) is 5.69 Å². The van der Waals surface area contributed by atoms with Crippen LogP contribution in [0.1, 0.15) is 28.6 Å². The molecule has 0 aliphatic heterocycles. The number of benzene rings is 2. The number of carbonyl (C=O) groups excluding carboxylic acids is 1. The van der Waals surface area contributed by atoms with Gasteiger partial charge < -0.3 is 19.5 Å². The average Bonchev–Trinajstić information content (AvgIpc) is 3.21. The van der Waals surface area contributed by atoms with Crippen molar-refractivity contribution in [2.24, 2.45) is 0 Å². The Bertz CT molecular complexity index is 1210. The summed E-state index contributed by atoms with van der Waals surface area (Å²) < 4.78 is 18.0. The van der Waals surface area contributed by atoms with Gasteiger partial charge in [-0.15, -0.1) is 10.2 Å². The highest BCUT2D eigenvalue weighted by atomic mass is 32.2. The van der Waals surface area contributed by atoms with Crippen molar-refractivity contribution in [3.05, 3.63) is 52.8 Å². The van der Waals surface area contributed by atoms with Crippen LogP contribution in [0.5, 0.6) is 17.2 Å². The lowest BCUT2D eigenvalue weighted by Gasteiger charge is -2.17. The maximum absolute atomic E-state index is 12.7. The first-order valence-electron chi connectivity index (χ1n) is 10.4. The summed E-state index contributed by atoms with van der Waals surface area (Å²) in [7, 11) is 4.48. The topological polar surface area (TPSA) is 111 Å². The van der Waals surface area contributed by atoms with Gasteiger partial charge in [0.1, 0.15) is 11.9 Å². The van der Waals surface area contributed by atoms with Gasteiger partial charge in [-0.3, -0.25) is 9.36 Å². The van der Waals surface area contributed by atoms with E-state index in [-0.39, 0.29) is 11.7 Å². The minimum Gasteiger partial charge on any atom is -0.493 e. The zero-order valence-electron chi connectivity index (χ0n) is 20.0. The minimum atomic E-state index is -0.902. The predicted molar refractivity (Wildman–Crippen MR) is 129 cm³/mol. The summed E-state index contributed by atoms with van der Waals surface area (Å²) in [4.78, 5) is 12.7. The van der Waals surface area contributed by atoms with Crippen molar-refractivity contribution < 1.29 is 19.0 Å². The second kappa shape index (κ2) is 10.9. The Morgan fingerprint density at radius 3 is 2.35 bits per heavy atom. The van der Waals surface area contributed by atoms with E-state index < -0.39 is 6.04 Å². The lowest BCUT2D eigenvalue weighted by Crippen LogP contribution is -2.29. The Hall–Kier alpha value is -3.71. The molecule has 1 aromatic heterocycles. The van der Waals surface area contributed by atoms with E-state index in [4.69, 9.17) is 14.2 Å². The number of aromatic nitrogens is 3. The Morgan fingerprint density at radius 2 is 1.76 bits per heavy atom. The lowest BCUT2D eigenvalue weighted by molar-refractivity contribution is -0.118. The molecule has 0 fully saturated rings. The van der Waals surface area contributed by atoms with Gasteiger partial charge in [0, 0.05) is 0 Å². The molecule has 3 aromatic rings. The molecule has 9 nitrogen and oxygen atoms in total. The molecule has 0 saturated carbocycles. The molecule has 2 aromatic carbocycles. The Balaban J connectivity index is 1.77. The molecule has 1 N–H and O–H groups in total. The number of rotatable bonds is 9. The van der Waals surface area contributed by atoms with E-state index in [1.807, 2.05) is 37.5 Å². The molecule has 0 saturated heterocycles. The number of nitrogens with zero attached hydrogens (tertiary/aromatic N) is 4. The summed E-state index contributed by atoms with van der Waals surface area (Å²) >= 11 is 1.25. The van der Waals surface area contributed by atoms with Crippen LogP contribution in [-0.4, -0.2) is 47.8 Å². The molecule has 178 valence electrons. The van der Waals surface area contributed by atoms with Crippen LogP contribution in [0.3, 0.4) is 0 Å². The molecule has 10 heteroatoms. The van der Waals surface area contributed by atoms with Gasteiger partial charge in [0.25, 0.3) is 0 Å². The first-order chi connectivity index (χ1) is 16.3. The summed E-state index contributed by atoms with van der Waals surface area (Å²) in [6, 6.07) is 10.6. The fourth-order valence-electron chi connectivity index (χ4n) is 3.47. The smallest absolute Gasteiger partial charge is 0.231 e. The first-order valence-corrected chi connectivity index (χ1v) is 11.4.